The zero-order valence-electron chi connectivity index (χ0n) is 12.0. The molecule has 0 bridgehead atoms. The van der Waals surface area contributed by atoms with Crippen LogP contribution in [0.4, 0.5) is 0 Å². The van der Waals surface area contributed by atoms with Gasteiger partial charge in [-0.05, 0) is 19.3 Å². The zero-order valence-corrected chi connectivity index (χ0v) is 12.0. The predicted molar refractivity (Wildman–Crippen MR) is 73.0 cm³/mol. The standard InChI is InChI=1S/C14H31NO2/c1-5-6-7-8-9-12(4)17-13(10-16)14(15)11(2)3/h11-14,16H,5-10,15H2,1-4H3. The van der Waals surface area contributed by atoms with E-state index in [4.69, 9.17) is 10.5 Å². The summed E-state index contributed by atoms with van der Waals surface area (Å²) in [5.41, 5.74) is 6.01. The van der Waals surface area contributed by atoms with Gasteiger partial charge >= 0.3 is 0 Å². The fourth-order valence-electron chi connectivity index (χ4n) is 1.91. The smallest absolute Gasteiger partial charge is 0.0962 e. The molecule has 3 N–H and O–H groups in total. The molecule has 0 aliphatic rings. The molecular formula is C14H31NO2. The lowest BCUT2D eigenvalue weighted by Gasteiger charge is -2.28. The number of hydrogen-bond acceptors (Lipinski definition) is 3. The summed E-state index contributed by atoms with van der Waals surface area (Å²) in [6, 6.07) is -0.0851. The average molecular weight is 245 g/mol. The van der Waals surface area contributed by atoms with Crippen molar-refractivity contribution in [1.82, 2.24) is 0 Å². The molecule has 3 atom stereocenters. The maximum absolute atomic E-state index is 9.30. The van der Waals surface area contributed by atoms with Crippen LogP contribution in [0, 0.1) is 5.92 Å². The third-order valence-electron chi connectivity index (χ3n) is 3.25. The first kappa shape index (κ1) is 16.9. The highest BCUT2D eigenvalue weighted by molar-refractivity contribution is 4.76. The number of aliphatic hydroxyl groups is 1. The van der Waals surface area contributed by atoms with E-state index >= 15 is 0 Å². The summed E-state index contributed by atoms with van der Waals surface area (Å²) in [7, 11) is 0. The van der Waals surface area contributed by atoms with Crippen molar-refractivity contribution in [2.24, 2.45) is 11.7 Å². The summed E-state index contributed by atoms with van der Waals surface area (Å²) < 4.78 is 5.83. The molecule has 0 aliphatic carbocycles. The Bertz CT molecular complexity index is 174. The Kier molecular flexibility index (Phi) is 9.79. The van der Waals surface area contributed by atoms with Gasteiger partial charge in [0.1, 0.15) is 0 Å². The Hall–Kier alpha value is -0.120. The molecule has 17 heavy (non-hydrogen) atoms. The Labute approximate surface area is 107 Å². The number of ether oxygens (including phenoxy) is 1. The Morgan fingerprint density at radius 1 is 1.12 bits per heavy atom. The third kappa shape index (κ3) is 7.74. The molecule has 0 heterocycles. The number of nitrogens with two attached hydrogens (primary N) is 1. The summed E-state index contributed by atoms with van der Waals surface area (Å²) in [6.07, 6.45) is 6.04. The molecule has 0 amide bonds. The van der Waals surface area contributed by atoms with Crippen LogP contribution < -0.4 is 5.73 Å². The van der Waals surface area contributed by atoms with Gasteiger partial charge in [-0.3, -0.25) is 0 Å². The lowest BCUT2D eigenvalue weighted by molar-refractivity contribution is -0.0537. The normalized spacial score (nSPS) is 17.1. The molecule has 104 valence electrons. The van der Waals surface area contributed by atoms with Gasteiger partial charge in [0, 0.05) is 6.04 Å². The largest absolute Gasteiger partial charge is 0.394 e. The van der Waals surface area contributed by atoms with Crippen LogP contribution in [0.15, 0.2) is 0 Å². The molecule has 0 aromatic carbocycles. The van der Waals surface area contributed by atoms with Crippen molar-refractivity contribution in [2.75, 3.05) is 6.61 Å². The SMILES string of the molecule is CCCCCCC(C)OC(CO)C(N)C(C)C. The van der Waals surface area contributed by atoms with E-state index in [0.717, 1.165) is 6.42 Å². The van der Waals surface area contributed by atoms with E-state index in [1.54, 1.807) is 0 Å². The molecule has 0 saturated carbocycles. The van der Waals surface area contributed by atoms with Crippen molar-refractivity contribution in [3.63, 3.8) is 0 Å². The summed E-state index contributed by atoms with van der Waals surface area (Å²) in [5, 5.41) is 9.30. The molecular weight excluding hydrogens is 214 g/mol. The van der Waals surface area contributed by atoms with E-state index in [1.165, 1.54) is 25.7 Å². The molecule has 0 aromatic heterocycles. The molecule has 0 rings (SSSR count). The number of rotatable bonds is 10. The highest BCUT2D eigenvalue weighted by Gasteiger charge is 2.22. The molecule has 0 aromatic rings. The third-order valence-corrected chi connectivity index (χ3v) is 3.25. The van der Waals surface area contributed by atoms with Crippen molar-refractivity contribution in [3.05, 3.63) is 0 Å². The average Bonchev–Trinajstić information content (AvgIpc) is 2.30. The molecule has 3 unspecified atom stereocenters. The fraction of sp³-hybridized carbons (Fsp3) is 1.00. The lowest BCUT2D eigenvalue weighted by Crippen LogP contribution is -2.44. The van der Waals surface area contributed by atoms with Crippen LogP contribution in [0.3, 0.4) is 0 Å². The van der Waals surface area contributed by atoms with Crippen molar-refractivity contribution in [3.8, 4) is 0 Å². The maximum atomic E-state index is 9.30. The number of aliphatic hydroxyl groups excluding tert-OH is 1. The summed E-state index contributed by atoms with van der Waals surface area (Å²) in [4.78, 5) is 0. The maximum Gasteiger partial charge on any atom is 0.0962 e. The summed E-state index contributed by atoms with van der Waals surface area (Å²) >= 11 is 0. The van der Waals surface area contributed by atoms with E-state index in [1.807, 2.05) is 0 Å². The molecule has 0 radical (unpaired) electrons. The van der Waals surface area contributed by atoms with Crippen LogP contribution in [0.1, 0.15) is 59.8 Å². The topological polar surface area (TPSA) is 55.5 Å². The molecule has 0 aliphatic heterocycles. The van der Waals surface area contributed by atoms with Crippen LogP contribution in [-0.2, 0) is 4.74 Å². The molecule has 3 heteroatoms. The highest BCUT2D eigenvalue weighted by atomic mass is 16.5. The molecule has 0 fully saturated rings. The minimum atomic E-state index is -0.226. The van der Waals surface area contributed by atoms with Gasteiger partial charge in [-0.2, -0.15) is 0 Å². The van der Waals surface area contributed by atoms with E-state index < -0.39 is 0 Å². The van der Waals surface area contributed by atoms with E-state index in [0.29, 0.717) is 5.92 Å². The second-order valence-electron chi connectivity index (χ2n) is 5.34. The quantitative estimate of drug-likeness (QED) is 0.582. The van der Waals surface area contributed by atoms with Gasteiger partial charge in [0.15, 0.2) is 0 Å². The molecule has 0 spiro atoms. The summed E-state index contributed by atoms with van der Waals surface area (Å²) in [5.74, 6) is 0.333. The number of hydrogen-bond donors (Lipinski definition) is 2. The van der Waals surface area contributed by atoms with E-state index in [-0.39, 0.29) is 24.9 Å². The van der Waals surface area contributed by atoms with Gasteiger partial charge in [-0.1, -0.05) is 46.5 Å². The van der Waals surface area contributed by atoms with Crippen molar-refractivity contribution < 1.29 is 9.84 Å². The van der Waals surface area contributed by atoms with Crippen LogP contribution in [0.5, 0.6) is 0 Å². The van der Waals surface area contributed by atoms with Crippen LogP contribution in [0.2, 0.25) is 0 Å². The predicted octanol–water partition coefficient (Wildman–Crippen LogP) is 2.71. The Morgan fingerprint density at radius 2 is 1.76 bits per heavy atom. The van der Waals surface area contributed by atoms with Crippen LogP contribution >= 0.6 is 0 Å². The van der Waals surface area contributed by atoms with Crippen LogP contribution in [0.25, 0.3) is 0 Å². The van der Waals surface area contributed by atoms with Gasteiger partial charge in [-0.15, -0.1) is 0 Å². The van der Waals surface area contributed by atoms with Gasteiger partial charge in [0.2, 0.25) is 0 Å². The fourth-order valence-corrected chi connectivity index (χ4v) is 1.91. The van der Waals surface area contributed by atoms with Crippen LogP contribution in [-0.4, -0.2) is 30.0 Å². The minimum Gasteiger partial charge on any atom is -0.394 e. The van der Waals surface area contributed by atoms with E-state index in [2.05, 4.69) is 27.7 Å². The highest BCUT2D eigenvalue weighted by Crippen LogP contribution is 2.13. The van der Waals surface area contributed by atoms with Gasteiger partial charge in [-0.25, -0.2) is 0 Å². The van der Waals surface area contributed by atoms with Crippen molar-refractivity contribution >= 4 is 0 Å². The van der Waals surface area contributed by atoms with Gasteiger partial charge < -0.3 is 15.6 Å². The van der Waals surface area contributed by atoms with Gasteiger partial charge in [0.05, 0.1) is 18.8 Å². The summed E-state index contributed by atoms with van der Waals surface area (Å²) in [6.45, 7) is 8.41. The second kappa shape index (κ2) is 9.86. The van der Waals surface area contributed by atoms with Crippen molar-refractivity contribution in [2.45, 2.75) is 78.0 Å². The first-order valence-electron chi connectivity index (χ1n) is 7.04. The minimum absolute atomic E-state index is 0.0125. The molecule has 0 saturated heterocycles. The second-order valence-corrected chi connectivity index (χ2v) is 5.34. The molecule has 3 nitrogen and oxygen atoms in total. The zero-order chi connectivity index (χ0) is 13.3. The van der Waals surface area contributed by atoms with Gasteiger partial charge in [0.25, 0.3) is 0 Å². The first-order valence-corrected chi connectivity index (χ1v) is 7.04. The van der Waals surface area contributed by atoms with Crippen molar-refractivity contribution in [1.29, 1.82) is 0 Å². The van der Waals surface area contributed by atoms with E-state index in [9.17, 15) is 5.11 Å². The monoisotopic (exact) mass is 245 g/mol. The number of unbranched alkanes of at least 4 members (excludes halogenated alkanes) is 3. The lowest BCUT2D eigenvalue weighted by atomic mass is 9.99. The first-order chi connectivity index (χ1) is 8.02. The Balaban J connectivity index is 3.85. The Morgan fingerprint density at radius 3 is 2.24 bits per heavy atom.